The summed E-state index contributed by atoms with van der Waals surface area (Å²) in [4.78, 5) is 16.9. The van der Waals surface area contributed by atoms with Crippen LogP contribution in [0.3, 0.4) is 0 Å². The fraction of sp³-hybridized carbons (Fsp3) is 0.375. The lowest BCUT2D eigenvalue weighted by Crippen LogP contribution is -2.17. The maximum atomic E-state index is 12.6. The van der Waals surface area contributed by atoms with E-state index in [0.29, 0.717) is 0 Å². The summed E-state index contributed by atoms with van der Waals surface area (Å²) in [5.41, 5.74) is -1.96. The highest BCUT2D eigenvalue weighted by Crippen LogP contribution is 2.26. The van der Waals surface area contributed by atoms with Gasteiger partial charge in [0.1, 0.15) is 10.3 Å². The average molecular weight is 345 g/mol. The highest BCUT2D eigenvalue weighted by atomic mass is 79.9. The number of hydrogen-bond acceptors (Lipinski definition) is 4. The highest BCUT2D eigenvalue weighted by Gasteiger charge is 2.21. The van der Waals surface area contributed by atoms with E-state index >= 15 is 0 Å². The molecule has 104 valence electrons. The second-order valence-corrected chi connectivity index (χ2v) is 4.04. The number of rotatable bonds is 4. The van der Waals surface area contributed by atoms with E-state index in [4.69, 9.17) is 0 Å². The minimum atomic E-state index is -2.92. The van der Waals surface area contributed by atoms with Crippen LogP contribution in [-0.4, -0.2) is 32.6 Å². The van der Waals surface area contributed by atoms with E-state index in [0.717, 1.165) is 4.52 Å². The number of aromatic amines is 1. The van der Waals surface area contributed by atoms with E-state index in [1.807, 2.05) is 4.98 Å². The number of fused-ring (bicyclic) bond motifs is 1. The molecule has 2 rings (SSSR count). The molecule has 0 spiro atoms. The van der Waals surface area contributed by atoms with Crippen molar-refractivity contribution >= 4 is 21.6 Å². The van der Waals surface area contributed by atoms with Crippen LogP contribution in [0.5, 0.6) is 6.01 Å². The maximum absolute atomic E-state index is 12.6. The van der Waals surface area contributed by atoms with Crippen molar-refractivity contribution in [1.82, 2.24) is 19.6 Å². The largest absolute Gasteiger partial charge is 0.458 e. The minimum Gasteiger partial charge on any atom is -0.458 e. The van der Waals surface area contributed by atoms with Crippen molar-refractivity contribution in [2.24, 2.45) is 0 Å². The van der Waals surface area contributed by atoms with Gasteiger partial charge in [-0.2, -0.15) is 4.52 Å². The quantitative estimate of drug-likeness (QED) is 0.858. The second-order valence-electron chi connectivity index (χ2n) is 3.29. The summed E-state index contributed by atoms with van der Waals surface area (Å²) in [6.45, 7) is -0.984. The van der Waals surface area contributed by atoms with E-state index in [2.05, 4.69) is 30.7 Å². The number of aromatic nitrogens is 4. The molecule has 0 bridgehead atoms. The standard InChI is InChI=1S/C8H5BrF4N4O2/c9-4-3(5(12)13)14-6-7(18)15-8(16-17(4)6)19-1-2(10)11/h2,5H,1H2,(H,15,16,18). The molecule has 2 aromatic heterocycles. The number of alkyl halides is 4. The highest BCUT2D eigenvalue weighted by molar-refractivity contribution is 9.10. The predicted molar refractivity (Wildman–Crippen MR) is 57.8 cm³/mol. The van der Waals surface area contributed by atoms with Gasteiger partial charge in [0, 0.05) is 0 Å². The molecule has 2 heterocycles. The van der Waals surface area contributed by atoms with Gasteiger partial charge < -0.3 is 4.74 Å². The Hall–Kier alpha value is -1.65. The Morgan fingerprint density at radius 1 is 1.37 bits per heavy atom. The summed E-state index contributed by atoms with van der Waals surface area (Å²) in [6, 6.07) is -0.517. The summed E-state index contributed by atoms with van der Waals surface area (Å²) >= 11 is 2.80. The summed E-state index contributed by atoms with van der Waals surface area (Å²) < 4.78 is 54.1. The molecular formula is C8H5BrF4N4O2. The molecule has 2 aromatic rings. The number of nitrogens with one attached hydrogen (secondary N) is 1. The van der Waals surface area contributed by atoms with E-state index in [1.165, 1.54) is 0 Å². The van der Waals surface area contributed by atoms with Crippen molar-refractivity contribution in [1.29, 1.82) is 0 Å². The summed E-state index contributed by atoms with van der Waals surface area (Å²) in [5.74, 6) is 0. The molecule has 0 saturated heterocycles. The molecule has 0 saturated carbocycles. The van der Waals surface area contributed by atoms with E-state index in [9.17, 15) is 22.4 Å². The molecule has 1 N–H and O–H groups in total. The van der Waals surface area contributed by atoms with Crippen LogP contribution in [0, 0.1) is 0 Å². The molecule has 0 atom stereocenters. The van der Waals surface area contributed by atoms with Gasteiger partial charge in [-0.15, -0.1) is 5.10 Å². The van der Waals surface area contributed by atoms with Crippen LogP contribution in [0.2, 0.25) is 0 Å². The molecule has 0 aliphatic rings. The molecule has 0 aromatic carbocycles. The lowest BCUT2D eigenvalue weighted by Gasteiger charge is -2.03. The zero-order valence-corrected chi connectivity index (χ0v) is 10.5. The van der Waals surface area contributed by atoms with E-state index in [1.54, 1.807) is 0 Å². The van der Waals surface area contributed by atoms with Gasteiger partial charge in [0.25, 0.3) is 18.4 Å². The maximum Gasteiger partial charge on any atom is 0.314 e. The molecular weight excluding hydrogens is 340 g/mol. The summed E-state index contributed by atoms with van der Waals surface area (Å²) in [5, 5.41) is 3.57. The molecule has 11 heteroatoms. The number of imidazole rings is 1. The Kier molecular flexibility index (Phi) is 3.73. The lowest BCUT2D eigenvalue weighted by atomic mass is 10.5. The normalized spacial score (nSPS) is 11.7. The van der Waals surface area contributed by atoms with Gasteiger partial charge in [-0.05, 0) is 15.9 Å². The molecule has 0 unspecified atom stereocenters. The number of H-pyrrole nitrogens is 1. The Balaban J connectivity index is 2.50. The van der Waals surface area contributed by atoms with Gasteiger partial charge >= 0.3 is 6.01 Å². The molecule has 0 aliphatic heterocycles. The number of hydrogen-bond donors (Lipinski definition) is 1. The third kappa shape index (κ3) is 2.69. The second kappa shape index (κ2) is 5.15. The fourth-order valence-electron chi connectivity index (χ4n) is 1.26. The average Bonchev–Trinajstić information content (AvgIpc) is 2.65. The minimum absolute atomic E-state index is 0.245. The third-order valence-corrected chi connectivity index (χ3v) is 2.73. The first-order valence-electron chi connectivity index (χ1n) is 4.77. The van der Waals surface area contributed by atoms with Crippen molar-refractivity contribution in [3.63, 3.8) is 0 Å². The van der Waals surface area contributed by atoms with Crippen LogP contribution < -0.4 is 10.3 Å². The first kappa shape index (κ1) is 13.8. The van der Waals surface area contributed by atoms with Crippen LogP contribution in [-0.2, 0) is 0 Å². The Morgan fingerprint density at radius 2 is 2.05 bits per heavy atom. The monoisotopic (exact) mass is 344 g/mol. The van der Waals surface area contributed by atoms with Gasteiger partial charge in [-0.3, -0.25) is 9.78 Å². The zero-order valence-electron chi connectivity index (χ0n) is 8.91. The Bertz CT molecular complexity index is 656. The van der Waals surface area contributed by atoms with Crippen LogP contribution in [0.15, 0.2) is 9.40 Å². The van der Waals surface area contributed by atoms with Crippen LogP contribution in [0.4, 0.5) is 17.6 Å². The van der Waals surface area contributed by atoms with Crippen molar-refractivity contribution in [3.05, 3.63) is 20.7 Å². The topological polar surface area (TPSA) is 72.3 Å². The molecule has 6 nitrogen and oxygen atoms in total. The van der Waals surface area contributed by atoms with Crippen molar-refractivity contribution < 1.29 is 22.3 Å². The third-order valence-electron chi connectivity index (χ3n) is 1.99. The van der Waals surface area contributed by atoms with Crippen molar-refractivity contribution in [3.8, 4) is 6.01 Å². The number of halogens is 5. The molecule has 0 fully saturated rings. The SMILES string of the molecule is O=c1[nH]c(OCC(F)F)nn2c(Br)c(C(F)F)nc12. The van der Waals surface area contributed by atoms with Crippen molar-refractivity contribution in [2.45, 2.75) is 12.9 Å². The first-order valence-corrected chi connectivity index (χ1v) is 5.57. The van der Waals surface area contributed by atoms with Crippen LogP contribution in [0.25, 0.3) is 5.65 Å². The fourth-order valence-corrected chi connectivity index (χ4v) is 1.77. The van der Waals surface area contributed by atoms with Gasteiger partial charge in [0.15, 0.2) is 6.61 Å². The van der Waals surface area contributed by atoms with Gasteiger partial charge in [0.05, 0.1) is 0 Å². The van der Waals surface area contributed by atoms with Gasteiger partial charge in [0.2, 0.25) is 5.65 Å². The van der Waals surface area contributed by atoms with E-state index < -0.39 is 42.4 Å². The Labute approximate surface area is 110 Å². The first-order chi connectivity index (χ1) is 8.90. The summed E-state index contributed by atoms with van der Waals surface area (Å²) in [6.07, 6.45) is -5.68. The smallest absolute Gasteiger partial charge is 0.314 e. The number of nitrogens with zero attached hydrogens (tertiary/aromatic N) is 3. The van der Waals surface area contributed by atoms with E-state index in [-0.39, 0.29) is 4.60 Å². The van der Waals surface area contributed by atoms with Gasteiger partial charge in [-0.1, -0.05) is 0 Å². The molecule has 0 aliphatic carbocycles. The van der Waals surface area contributed by atoms with Crippen LogP contribution >= 0.6 is 15.9 Å². The van der Waals surface area contributed by atoms with Crippen LogP contribution in [0.1, 0.15) is 12.1 Å². The molecule has 0 amide bonds. The number of ether oxygens (including phenoxy) is 1. The predicted octanol–water partition coefficient (Wildman–Crippen LogP) is 1.76. The zero-order chi connectivity index (χ0) is 14.2. The van der Waals surface area contributed by atoms with Gasteiger partial charge in [-0.25, -0.2) is 22.5 Å². The summed E-state index contributed by atoms with van der Waals surface area (Å²) in [7, 11) is 0. The van der Waals surface area contributed by atoms with Crippen molar-refractivity contribution in [2.75, 3.05) is 6.61 Å². The molecule has 19 heavy (non-hydrogen) atoms. The Morgan fingerprint density at radius 3 is 2.63 bits per heavy atom. The molecule has 0 radical (unpaired) electrons. The lowest BCUT2D eigenvalue weighted by molar-refractivity contribution is 0.0761.